The zero-order chi connectivity index (χ0) is 8.70. The molecule has 0 aromatic carbocycles. The quantitative estimate of drug-likeness (QED) is 0.616. The van der Waals surface area contributed by atoms with Gasteiger partial charge < -0.3 is 11.9 Å². The Hall–Kier alpha value is 0.270. The molecule has 0 spiro atoms. The van der Waals surface area contributed by atoms with Gasteiger partial charge in [0.2, 0.25) is 0 Å². The van der Waals surface area contributed by atoms with E-state index < -0.39 is 0 Å². The first-order chi connectivity index (χ1) is 4.83. The van der Waals surface area contributed by atoms with E-state index in [0.29, 0.717) is 10.7 Å². The van der Waals surface area contributed by atoms with Crippen molar-refractivity contribution in [1.29, 1.82) is 0 Å². The Kier molecular flexibility index (Phi) is 3.64. The highest BCUT2D eigenvalue weighted by Gasteiger charge is 2.38. The molecule has 74 valence electrons. The molecule has 0 radical (unpaired) electrons. The van der Waals surface area contributed by atoms with Gasteiger partial charge in [0.05, 0.1) is 0 Å². The van der Waals surface area contributed by atoms with Crippen molar-refractivity contribution < 1.29 is 0 Å². The van der Waals surface area contributed by atoms with Gasteiger partial charge in [-0.3, -0.25) is 0 Å². The van der Waals surface area contributed by atoms with Gasteiger partial charge in [0, 0.05) is 10.8 Å². The van der Waals surface area contributed by atoms with Crippen LogP contribution in [-0.4, -0.2) is 16.5 Å². The zero-order valence-corrected chi connectivity index (χ0v) is 9.50. The molecule has 1 heterocycles. The summed E-state index contributed by atoms with van der Waals surface area (Å²) in [6.07, 6.45) is 1.15. The highest BCUT2D eigenvalue weighted by molar-refractivity contribution is 8.00. The molecule has 5 N–H and O–H groups in total. The van der Waals surface area contributed by atoms with Gasteiger partial charge in [-0.15, -0.1) is 0 Å². The van der Waals surface area contributed by atoms with Crippen molar-refractivity contribution in [2.75, 3.05) is 5.75 Å². The lowest BCUT2D eigenvalue weighted by Crippen LogP contribution is -2.52. The van der Waals surface area contributed by atoms with Gasteiger partial charge in [-0.2, -0.15) is 11.8 Å². The number of hydrogen-bond acceptors (Lipinski definition) is 3. The van der Waals surface area contributed by atoms with E-state index in [1.807, 2.05) is 11.8 Å². The molecule has 2 unspecified atom stereocenters. The molecule has 12 heavy (non-hydrogen) atoms. The minimum absolute atomic E-state index is 0. The van der Waals surface area contributed by atoms with E-state index in [4.69, 9.17) is 5.73 Å². The fourth-order valence-corrected chi connectivity index (χ4v) is 3.03. The van der Waals surface area contributed by atoms with Crippen LogP contribution in [0.25, 0.3) is 0 Å². The second-order valence-electron chi connectivity index (χ2n) is 4.80. The van der Waals surface area contributed by atoms with Crippen LogP contribution in [0.3, 0.4) is 0 Å². The van der Waals surface area contributed by atoms with E-state index >= 15 is 0 Å². The average molecular weight is 190 g/mol. The largest absolute Gasteiger partial charge is 0.344 e. The van der Waals surface area contributed by atoms with Gasteiger partial charge in [0.25, 0.3) is 0 Å². The predicted octanol–water partition coefficient (Wildman–Crippen LogP) is 2.42. The van der Waals surface area contributed by atoms with Crippen molar-refractivity contribution in [2.45, 2.75) is 44.9 Å². The van der Waals surface area contributed by atoms with Crippen molar-refractivity contribution in [3.05, 3.63) is 0 Å². The topological polar surface area (TPSA) is 61.0 Å². The maximum atomic E-state index is 6.18. The summed E-state index contributed by atoms with van der Waals surface area (Å²) in [6, 6.07) is 0. The molecule has 0 aromatic heterocycles. The third kappa shape index (κ3) is 2.64. The molecule has 2 atom stereocenters. The Bertz CT molecular complexity index is 155. The molecule has 2 nitrogen and oxygen atoms in total. The van der Waals surface area contributed by atoms with E-state index in [0.717, 1.165) is 6.42 Å². The second-order valence-corrected chi connectivity index (χ2v) is 6.13. The summed E-state index contributed by atoms with van der Waals surface area (Å²) in [7, 11) is 0. The Balaban J connectivity index is 0.00000121. The van der Waals surface area contributed by atoms with E-state index in [9.17, 15) is 0 Å². The first-order valence-electron chi connectivity index (χ1n) is 4.24. The fraction of sp³-hybridized carbons (Fsp3) is 1.00. The van der Waals surface area contributed by atoms with Gasteiger partial charge in [0.1, 0.15) is 0 Å². The van der Waals surface area contributed by atoms with Gasteiger partial charge in [-0.25, -0.2) is 0 Å². The molecule has 0 bridgehead atoms. The highest BCUT2D eigenvalue weighted by Crippen LogP contribution is 2.41. The van der Waals surface area contributed by atoms with E-state index in [1.165, 1.54) is 5.75 Å². The van der Waals surface area contributed by atoms with Gasteiger partial charge in [0.15, 0.2) is 0 Å². The lowest BCUT2D eigenvalue weighted by atomic mass is 9.79. The highest BCUT2D eigenvalue weighted by atomic mass is 32.2. The molecular weight excluding hydrogens is 168 g/mol. The van der Waals surface area contributed by atoms with Crippen LogP contribution in [0.2, 0.25) is 0 Å². The van der Waals surface area contributed by atoms with Crippen molar-refractivity contribution in [1.82, 2.24) is 6.15 Å². The maximum absolute atomic E-state index is 6.18. The molecule has 1 fully saturated rings. The Labute approximate surface area is 80.3 Å². The molecule has 0 saturated carbocycles. The summed E-state index contributed by atoms with van der Waals surface area (Å²) in [5.74, 6) is 1.25. The molecule has 3 heteroatoms. The minimum Gasteiger partial charge on any atom is -0.344 e. The first-order valence-corrected chi connectivity index (χ1v) is 5.29. The third-order valence-electron chi connectivity index (χ3n) is 2.51. The van der Waals surface area contributed by atoms with Crippen LogP contribution in [0.5, 0.6) is 0 Å². The fourth-order valence-electron chi connectivity index (χ4n) is 1.77. The molecule has 1 aliphatic heterocycles. The summed E-state index contributed by atoms with van der Waals surface area (Å²) in [6.45, 7) is 9.01. The SMILES string of the molecule is CC1SCC(C)(C)CC1(C)N.N. The first kappa shape index (κ1) is 12.3. The van der Waals surface area contributed by atoms with Crippen molar-refractivity contribution in [2.24, 2.45) is 11.1 Å². The summed E-state index contributed by atoms with van der Waals surface area (Å²) < 4.78 is 0. The average Bonchev–Trinajstić information content (AvgIpc) is 1.77. The number of hydrogen-bond donors (Lipinski definition) is 2. The summed E-state index contributed by atoms with van der Waals surface area (Å²) in [5.41, 5.74) is 6.64. The van der Waals surface area contributed by atoms with Gasteiger partial charge in [-0.1, -0.05) is 20.8 Å². The smallest absolute Gasteiger partial charge is 0.0248 e. The monoisotopic (exact) mass is 190 g/mol. The molecule has 0 aromatic rings. The standard InChI is InChI=1S/C9H19NS.H3N/c1-7-9(4,10)5-8(2,3)6-11-7;/h7H,5-6,10H2,1-4H3;1H3. The summed E-state index contributed by atoms with van der Waals surface area (Å²) >= 11 is 2.01. The summed E-state index contributed by atoms with van der Waals surface area (Å²) in [5, 5.41) is 0.607. The Morgan fingerprint density at radius 3 is 2.17 bits per heavy atom. The van der Waals surface area contributed by atoms with Crippen LogP contribution in [0, 0.1) is 5.41 Å². The van der Waals surface area contributed by atoms with Gasteiger partial charge in [-0.05, 0) is 24.5 Å². The van der Waals surface area contributed by atoms with Gasteiger partial charge >= 0.3 is 0 Å². The van der Waals surface area contributed by atoms with Crippen LogP contribution >= 0.6 is 11.8 Å². The normalized spacial score (nSPS) is 40.2. The Morgan fingerprint density at radius 2 is 1.83 bits per heavy atom. The van der Waals surface area contributed by atoms with E-state index in [2.05, 4.69) is 27.7 Å². The maximum Gasteiger partial charge on any atom is 0.0248 e. The molecular formula is C9H22N2S. The molecule has 1 saturated heterocycles. The predicted molar refractivity (Wildman–Crippen MR) is 57.9 cm³/mol. The minimum atomic E-state index is 0. The van der Waals surface area contributed by atoms with Crippen molar-refractivity contribution >= 4 is 11.8 Å². The van der Waals surface area contributed by atoms with Crippen LogP contribution in [-0.2, 0) is 0 Å². The van der Waals surface area contributed by atoms with Crippen molar-refractivity contribution in [3.63, 3.8) is 0 Å². The van der Waals surface area contributed by atoms with Crippen LogP contribution in [0.1, 0.15) is 34.1 Å². The molecule has 0 aliphatic carbocycles. The lowest BCUT2D eigenvalue weighted by molar-refractivity contribution is 0.260. The van der Waals surface area contributed by atoms with Crippen LogP contribution in [0.4, 0.5) is 0 Å². The van der Waals surface area contributed by atoms with Crippen molar-refractivity contribution in [3.8, 4) is 0 Å². The third-order valence-corrected chi connectivity index (χ3v) is 4.50. The Morgan fingerprint density at radius 1 is 1.33 bits per heavy atom. The molecule has 1 rings (SSSR count). The second kappa shape index (κ2) is 3.56. The van der Waals surface area contributed by atoms with E-state index in [-0.39, 0.29) is 11.7 Å². The van der Waals surface area contributed by atoms with E-state index in [1.54, 1.807) is 0 Å². The number of rotatable bonds is 0. The zero-order valence-electron chi connectivity index (χ0n) is 8.68. The molecule has 0 amide bonds. The molecule has 1 aliphatic rings. The summed E-state index contributed by atoms with van der Waals surface area (Å²) in [4.78, 5) is 0. The lowest BCUT2D eigenvalue weighted by Gasteiger charge is -2.44. The number of thioether (sulfide) groups is 1. The van der Waals surface area contributed by atoms with Crippen LogP contribution in [0.15, 0.2) is 0 Å². The number of nitrogens with two attached hydrogens (primary N) is 1. The van der Waals surface area contributed by atoms with Crippen LogP contribution < -0.4 is 11.9 Å².